The summed E-state index contributed by atoms with van der Waals surface area (Å²) in [6, 6.07) is 18.7. The molecule has 0 saturated heterocycles. The van der Waals surface area contributed by atoms with Crippen LogP contribution in [0.3, 0.4) is 0 Å². The van der Waals surface area contributed by atoms with Crippen LogP contribution in [-0.2, 0) is 20.7 Å². The molecule has 0 aromatic heterocycles. The molecule has 24 heavy (non-hydrogen) atoms. The molecule has 1 N–H and O–H groups in total. The first-order valence-electron chi connectivity index (χ1n) is 7.74. The van der Waals surface area contributed by atoms with Gasteiger partial charge in [-0.2, -0.15) is 0 Å². The number of carboxylic acid groups (broad SMARTS) is 1. The SMILES string of the molecule is COC(C(=O)N(CCc1ccccc1)CC(=O)O)c1ccccc1. The Morgan fingerprint density at radius 2 is 1.62 bits per heavy atom. The van der Waals surface area contributed by atoms with E-state index >= 15 is 0 Å². The summed E-state index contributed by atoms with van der Waals surface area (Å²) in [5.41, 5.74) is 1.76. The van der Waals surface area contributed by atoms with Crippen LogP contribution < -0.4 is 0 Å². The maximum Gasteiger partial charge on any atom is 0.323 e. The first-order chi connectivity index (χ1) is 11.6. The molecule has 5 nitrogen and oxygen atoms in total. The zero-order valence-electron chi connectivity index (χ0n) is 13.6. The quantitative estimate of drug-likeness (QED) is 0.809. The number of benzene rings is 2. The van der Waals surface area contributed by atoms with E-state index in [4.69, 9.17) is 9.84 Å². The van der Waals surface area contributed by atoms with E-state index in [0.717, 1.165) is 5.56 Å². The Hall–Kier alpha value is -2.66. The number of carbonyl (C=O) groups excluding carboxylic acids is 1. The van der Waals surface area contributed by atoms with Crippen LogP contribution in [-0.4, -0.2) is 42.1 Å². The summed E-state index contributed by atoms with van der Waals surface area (Å²) in [5.74, 6) is -1.39. The van der Waals surface area contributed by atoms with Crippen LogP contribution >= 0.6 is 0 Å². The van der Waals surface area contributed by atoms with Gasteiger partial charge in [-0.05, 0) is 17.5 Å². The number of carboxylic acids is 1. The van der Waals surface area contributed by atoms with E-state index in [1.807, 2.05) is 48.5 Å². The van der Waals surface area contributed by atoms with Crippen LogP contribution in [0.25, 0.3) is 0 Å². The molecule has 2 aromatic rings. The summed E-state index contributed by atoms with van der Waals surface area (Å²) in [7, 11) is 1.45. The largest absolute Gasteiger partial charge is 0.480 e. The standard InChI is InChI=1S/C19H21NO4/c1-24-18(16-10-6-3-7-11-16)19(23)20(14-17(21)22)13-12-15-8-4-2-5-9-15/h2-11,18H,12-14H2,1H3,(H,21,22). The van der Waals surface area contributed by atoms with Crippen LogP contribution in [0.4, 0.5) is 0 Å². The molecule has 1 unspecified atom stereocenters. The number of amides is 1. The average Bonchev–Trinajstić information content (AvgIpc) is 2.60. The van der Waals surface area contributed by atoms with Gasteiger partial charge in [0.1, 0.15) is 6.54 Å². The van der Waals surface area contributed by atoms with Crippen molar-refractivity contribution < 1.29 is 19.4 Å². The smallest absolute Gasteiger partial charge is 0.323 e. The van der Waals surface area contributed by atoms with Gasteiger partial charge in [0.05, 0.1) is 0 Å². The van der Waals surface area contributed by atoms with Crippen LogP contribution in [0.1, 0.15) is 17.2 Å². The number of hydrogen-bond acceptors (Lipinski definition) is 3. The summed E-state index contributed by atoms with van der Waals surface area (Å²) in [5, 5.41) is 9.12. The molecule has 0 spiro atoms. The fraction of sp³-hybridized carbons (Fsp3) is 0.263. The highest BCUT2D eigenvalue weighted by Crippen LogP contribution is 2.19. The lowest BCUT2D eigenvalue weighted by molar-refractivity contribution is -0.150. The maximum absolute atomic E-state index is 12.8. The van der Waals surface area contributed by atoms with Crippen molar-refractivity contribution in [2.75, 3.05) is 20.2 Å². The molecule has 0 aliphatic heterocycles. The molecule has 2 aromatic carbocycles. The lowest BCUT2D eigenvalue weighted by atomic mass is 10.1. The minimum atomic E-state index is -1.04. The highest BCUT2D eigenvalue weighted by molar-refractivity contribution is 5.85. The summed E-state index contributed by atoms with van der Waals surface area (Å²) in [4.78, 5) is 25.2. The monoisotopic (exact) mass is 327 g/mol. The lowest BCUT2D eigenvalue weighted by Crippen LogP contribution is -2.40. The number of nitrogens with zero attached hydrogens (tertiary/aromatic N) is 1. The van der Waals surface area contributed by atoms with E-state index in [9.17, 15) is 9.59 Å². The average molecular weight is 327 g/mol. The van der Waals surface area contributed by atoms with Crippen molar-refractivity contribution in [2.45, 2.75) is 12.5 Å². The van der Waals surface area contributed by atoms with Crippen LogP contribution in [0, 0.1) is 0 Å². The van der Waals surface area contributed by atoms with Crippen molar-refractivity contribution in [1.82, 2.24) is 4.90 Å². The summed E-state index contributed by atoms with van der Waals surface area (Å²) >= 11 is 0. The molecule has 0 aliphatic rings. The summed E-state index contributed by atoms with van der Waals surface area (Å²) < 4.78 is 5.33. The molecule has 0 radical (unpaired) electrons. The van der Waals surface area contributed by atoms with Crippen molar-refractivity contribution in [3.63, 3.8) is 0 Å². The third kappa shape index (κ3) is 4.93. The Kier molecular flexibility index (Phi) is 6.51. The van der Waals surface area contributed by atoms with Crippen molar-refractivity contribution in [3.8, 4) is 0 Å². The maximum atomic E-state index is 12.8. The van der Waals surface area contributed by atoms with Gasteiger partial charge >= 0.3 is 5.97 Å². The fourth-order valence-electron chi connectivity index (χ4n) is 2.51. The van der Waals surface area contributed by atoms with E-state index in [0.29, 0.717) is 18.5 Å². The van der Waals surface area contributed by atoms with Crippen LogP contribution in [0.5, 0.6) is 0 Å². The molecule has 0 heterocycles. The van der Waals surface area contributed by atoms with E-state index in [-0.39, 0.29) is 12.5 Å². The van der Waals surface area contributed by atoms with E-state index in [2.05, 4.69) is 0 Å². The van der Waals surface area contributed by atoms with Crippen molar-refractivity contribution >= 4 is 11.9 Å². The van der Waals surface area contributed by atoms with Crippen LogP contribution in [0.2, 0.25) is 0 Å². The van der Waals surface area contributed by atoms with Crippen molar-refractivity contribution in [1.29, 1.82) is 0 Å². The zero-order chi connectivity index (χ0) is 17.4. The topological polar surface area (TPSA) is 66.8 Å². The van der Waals surface area contributed by atoms with Gasteiger partial charge < -0.3 is 14.7 Å². The van der Waals surface area contributed by atoms with Crippen molar-refractivity contribution in [3.05, 3.63) is 71.8 Å². The molecule has 2 rings (SSSR count). The highest BCUT2D eigenvalue weighted by atomic mass is 16.5. The molecular formula is C19H21NO4. The molecule has 5 heteroatoms. The van der Waals surface area contributed by atoms with Gasteiger partial charge in [-0.25, -0.2) is 0 Å². The number of carbonyl (C=O) groups is 2. The number of aliphatic carboxylic acids is 1. The number of hydrogen-bond donors (Lipinski definition) is 1. The summed E-state index contributed by atoms with van der Waals surface area (Å²) in [6.45, 7) is -0.0276. The Labute approximate surface area is 141 Å². The van der Waals surface area contributed by atoms with Gasteiger partial charge in [-0.15, -0.1) is 0 Å². The Morgan fingerprint density at radius 3 is 2.17 bits per heavy atom. The molecule has 126 valence electrons. The predicted molar refractivity (Wildman–Crippen MR) is 90.6 cm³/mol. The third-order valence-corrected chi connectivity index (χ3v) is 3.71. The normalized spacial score (nSPS) is 11.7. The van der Waals surface area contributed by atoms with Gasteiger partial charge in [0.2, 0.25) is 0 Å². The van der Waals surface area contributed by atoms with Gasteiger partial charge in [0, 0.05) is 13.7 Å². The highest BCUT2D eigenvalue weighted by Gasteiger charge is 2.26. The minimum absolute atomic E-state index is 0.321. The second-order valence-electron chi connectivity index (χ2n) is 5.42. The zero-order valence-corrected chi connectivity index (χ0v) is 13.6. The summed E-state index contributed by atoms with van der Waals surface area (Å²) in [6.07, 6.45) is -0.216. The number of rotatable bonds is 8. The molecule has 0 bridgehead atoms. The lowest BCUT2D eigenvalue weighted by Gasteiger charge is -2.25. The third-order valence-electron chi connectivity index (χ3n) is 3.71. The second-order valence-corrected chi connectivity index (χ2v) is 5.42. The van der Waals surface area contributed by atoms with E-state index in [1.165, 1.54) is 12.0 Å². The number of ether oxygens (including phenoxy) is 1. The van der Waals surface area contributed by atoms with Gasteiger partial charge in [-0.1, -0.05) is 60.7 Å². The molecule has 0 aliphatic carbocycles. The first-order valence-corrected chi connectivity index (χ1v) is 7.74. The van der Waals surface area contributed by atoms with Crippen molar-refractivity contribution in [2.24, 2.45) is 0 Å². The van der Waals surface area contributed by atoms with E-state index < -0.39 is 12.1 Å². The van der Waals surface area contributed by atoms with E-state index in [1.54, 1.807) is 12.1 Å². The molecular weight excluding hydrogens is 306 g/mol. The van der Waals surface area contributed by atoms with Gasteiger partial charge in [-0.3, -0.25) is 9.59 Å². The molecule has 1 amide bonds. The Bertz CT molecular complexity index is 658. The molecule has 1 atom stereocenters. The molecule has 0 fully saturated rings. The fourth-order valence-corrected chi connectivity index (χ4v) is 2.51. The second kappa shape index (κ2) is 8.84. The minimum Gasteiger partial charge on any atom is -0.480 e. The molecule has 0 saturated carbocycles. The Morgan fingerprint density at radius 1 is 1.04 bits per heavy atom. The van der Waals surface area contributed by atoms with Crippen LogP contribution in [0.15, 0.2) is 60.7 Å². The van der Waals surface area contributed by atoms with Gasteiger partial charge in [0.25, 0.3) is 5.91 Å². The predicted octanol–water partition coefficient (Wildman–Crippen LogP) is 2.53. The number of methoxy groups -OCH3 is 1. The Balaban J connectivity index is 2.13. The first kappa shape index (κ1) is 17.7. The van der Waals surface area contributed by atoms with Gasteiger partial charge in [0.15, 0.2) is 6.10 Å².